The Hall–Kier alpha value is -2.77. The van der Waals surface area contributed by atoms with Gasteiger partial charge in [-0.25, -0.2) is 9.18 Å². The molecule has 0 unspecified atom stereocenters. The number of ketones is 1. The third-order valence-electron chi connectivity index (χ3n) is 8.60. The van der Waals surface area contributed by atoms with Crippen molar-refractivity contribution in [3.05, 3.63) is 106 Å². The molecule has 1 fully saturated rings. The largest absolute Gasteiger partial charge is 0.462 e. The topological polar surface area (TPSA) is 49.9 Å². The number of carbonyl (C=O) groups is 2. The number of fused-ring (bicyclic) bond motifs is 1. The summed E-state index contributed by atoms with van der Waals surface area (Å²) >= 11 is 0. The maximum Gasteiger partial charge on any atom is 0.338 e. The zero-order chi connectivity index (χ0) is 28.6. The SMILES string of the molecule is CCOC(=O)c1ccc(CN2CCC(CCC(=O)c3ccc4c(c3)CCN(Cc3ccc(F)cc3)CC4)CC2)cc1.Cl.Cl. The van der Waals surface area contributed by atoms with E-state index in [1.54, 1.807) is 0 Å². The molecular weight excluding hydrogens is 586 g/mol. The van der Waals surface area contributed by atoms with Crippen molar-refractivity contribution >= 4 is 36.6 Å². The summed E-state index contributed by atoms with van der Waals surface area (Å²) in [6, 6.07) is 20.8. The molecule has 0 amide bonds. The van der Waals surface area contributed by atoms with Crippen molar-refractivity contribution < 1.29 is 18.7 Å². The lowest BCUT2D eigenvalue weighted by Gasteiger charge is -2.32. The van der Waals surface area contributed by atoms with Gasteiger partial charge in [0, 0.05) is 38.2 Å². The molecule has 0 aromatic heterocycles. The first-order chi connectivity index (χ1) is 20.0. The molecular formula is C35H43Cl2FN2O3. The summed E-state index contributed by atoms with van der Waals surface area (Å²) in [6.07, 6.45) is 5.68. The number of halogens is 3. The Morgan fingerprint density at radius 1 is 0.767 bits per heavy atom. The molecule has 0 saturated carbocycles. The quantitative estimate of drug-likeness (QED) is 0.174. The lowest BCUT2D eigenvalue weighted by atomic mass is 9.89. The molecule has 232 valence electrons. The van der Waals surface area contributed by atoms with Gasteiger partial charge in [0.15, 0.2) is 5.78 Å². The number of nitrogens with zero attached hydrogens (tertiary/aromatic N) is 2. The van der Waals surface area contributed by atoms with Crippen LogP contribution in [-0.2, 0) is 30.7 Å². The van der Waals surface area contributed by atoms with Gasteiger partial charge >= 0.3 is 5.97 Å². The minimum Gasteiger partial charge on any atom is -0.462 e. The number of rotatable bonds is 10. The number of hydrogen-bond donors (Lipinski definition) is 0. The number of Topliss-reactive ketones (excluding diaryl/α,β-unsaturated/α-hetero) is 1. The van der Waals surface area contributed by atoms with Crippen molar-refractivity contribution in [1.29, 1.82) is 0 Å². The number of benzene rings is 3. The second-order valence-corrected chi connectivity index (χ2v) is 11.5. The molecule has 43 heavy (non-hydrogen) atoms. The van der Waals surface area contributed by atoms with E-state index in [4.69, 9.17) is 4.74 Å². The van der Waals surface area contributed by atoms with Gasteiger partial charge in [0.1, 0.15) is 5.82 Å². The smallest absolute Gasteiger partial charge is 0.338 e. The van der Waals surface area contributed by atoms with Crippen molar-refractivity contribution in [2.24, 2.45) is 5.92 Å². The van der Waals surface area contributed by atoms with Crippen LogP contribution in [0.25, 0.3) is 0 Å². The summed E-state index contributed by atoms with van der Waals surface area (Å²) < 4.78 is 18.3. The van der Waals surface area contributed by atoms with E-state index < -0.39 is 0 Å². The Bertz CT molecular complexity index is 1330. The molecule has 0 atom stereocenters. The zero-order valence-corrected chi connectivity index (χ0v) is 26.6. The van der Waals surface area contributed by atoms with Crippen LogP contribution in [0.15, 0.2) is 66.7 Å². The van der Waals surface area contributed by atoms with Crippen LogP contribution >= 0.6 is 24.8 Å². The molecule has 3 aromatic carbocycles. The molecule has 0 radical (unpaired) electrons. The van der Waals surface area contributed by atoms with Crippen LogP contribution in [0.1, 0.15) is 75.6 Å². The maximum atomic E-state index is 13.3. The van der Waals surface area contributed by atoms with E-state index in [9.17, 15) is 14.0 Å². The van der Waals surface area contributed by atoms with Gasteiger partial charge < -0.3 is 4.74 Å². The minimum atomic E-state index is -0.273. The lowest BCUT2D eigenvalue weighted by Crippen LogP contribution is -2.33. The first-order valence-corrected chi connectivity index (χ1v) is 15.1. The fourth-order valence-corrected chi connectivity index (χ4v) is 6.08. The normalized spacial score (nSPS) is 15.9. The Kier molecular flexibility index (Phi) is 13.7. The number of piperidine rings is 1. The standard InChI is InChI=1S/C35H41FN2O3.2ClH/c1-2-41-35(40)30-8-3-27(4-9-30)24-37-19-15-26(16-20-37)7-14-34(39)32-11-10-29-17-21-38(22-18-31(29)23-32)25-28-5-12-33(36)13-6-28;;/h3-6,8-13,23,26H,2,7,14-22,24-25H2,1H3;2*1H. The fourth-order valence-electron chi connectivity index (χ4n) is 6.08. The van der Waals surface area contributed by atoms with E-state index in [0.29, 0.717) is 24.5 Å². The summed E-state index contributed by atoms with van der Waals surface area (Å²) in [6.45, 7) is 7.87. The molecule has 0 spiro atoms. The molecule has 2 aliphatic rings. The van der Waals surface area contributed by atoms with E-state index in [0.717, 1.165) is 82.5 Å². The van der Waals surface area contributed by atoms with Crippen molar-refractivity contribution in [1.82, 2.24) is 9.80 Å². The number of hydrogen-bond acceptors (Lipinski definition) is 5. The van der Waals surface area contributed by atoms with Gasteiger partial charge in [-0.15, -0.1) is 24.8 Å². The zero-order valence-electron chi connectivity index (χ0n) is 24.9. The summed E-state index contributed by atoms with van der Waals surface area (Å²) in [5.74, 6) is 0.368. The highest BCUT2D eigenvalue weighted by Gasteiger charge is 2.21. The van der Waals surface area contributed by atoms with Gasteiger partial charge in [0.25, 0.3) is 0 Å². The number of carbonyl (C=O) groups excluding carboxylic acids is 2. The van der Waals surface area contributed by atoms with Gasteiger partial charge in [0.2, 0.25) is 0 Å². The first kappa shape index (κ1) is 34.7. The Morgan fingerprint density at radius 2 is 1.33 bits per heavy atom. The predicted octanol–water partition coefficient (Wildman–Crippen LogP) is 7.32. The minimum absolute atomic E-state index is 0. The van der Waals surface area contributed by atoms with Crippen molar-refractivity contribution in [3.8, 4) is 0 Å². The number of likely N-dealkylation sites (tertiary alicyclic amines) is 1. The fraction of sp³-hybridized carbons (Fsp3) is 0.429. The van der Waals surface area contributed by atoms with E-state index in [-0.39, 0.29) is 42.4 Å². The Labute approximate surface area is 267 Å². The lowest BCUT2D eigenvalue weighted by molar-refractivity contribution is 0.0526. The van der Waals surface area contributed by atoms with E-state index in [1.807, 2.05) is 49.4 Å². The van der Waals surface area contributed by atoms with Crippen LogP contribution in [0.2, 0.25) is 0 Å². The van der Waals surface area contributed by atoms with Crippen LogP contribution < -0.4 is 0 Å². The molecule has 3 aromatic rings. The number of esters is 1. The van der Waals surface area contributed by atoms with Crippen LogP contribution in [0.4, 0.5) is 4.39 Å². The first-order valence-electron chi connectivity index (χ1n) is 15.1. The van der Waals surface area contributed by atoms with Crippen molar-refractivity contribution in [2.75, 3.05) is 32.8 Å². The van der Waals surface area contributed by atoms with Crippen LogP contribution in [0, 0.1) is 11.7 Å². The van der Waals surface area contributed by atoms with Crippen LogP contribution in [-0.4, -0.2) is 54.3 Å². The maximum absolute atomic E-state index is 13.3. The number of ether oxygens (including phenoxy) is 1. The average Bonchev–Trinajstić information content (AvgIpc) is 3.20. The van der Waals surface area contributed by atoms with Crippen LogP contribution in [0.3, 0.4) is 0 Å². The van der Waals surface area contributed by atoms with Gasteiger partial charge in [-0.2, -0.15) is 0 Å². The second kappa shape index (κ2) is 16.9. The molecule has 0 bridgehead atoms. The van der Waals surface area contributed by atoms with Gasteiger partial charge in [-0.05, 0) is 111 Å². The van der Waals surface area contributed by atoms with Crippen molar-refractivity contribution in [2.45, 2.75) is 58.5 Å². The molecule has 2 aliphatic heterocycles. The van der Waals surface area contributed by atoms with E-state index in [1.165, 1.54) is 28.8 Å². The second-order valence-electron chi connectivity index (χ2n) is 11.5. The molecule has 5 rings (SSSR count). The summed E-state index contributed by atoms with van der Waals surface area (Å²) in [7, 11) is 0. The Morgan fingerprint density at radius 3 is 1.95 bits per heavy atom. The van der Waals surface area contributed by atoms with Crippen molar-refractivity contribution in [3.63, 3.8) is 0 Å². The summed E-state index contributed by atoms with van der Waals surface area (Å²) in [4.78, 5) is 29.9. The average molecular weight is 630 g/mol. The molecule has 2 heterocycles. The highest BCUT2D eigenvalue weighted by molar-refractivity contribution is 5.96. The molecule has 0 aliphatic carbocycles. The van der Waals surface area contributed by atoms with Crippen LogP contribution in [0.5, 0.6) is 0 Å². The molecule has 1 saturated heterocycles. The molecule has 8 heteroatoms. The highest BCUT2D eigenvalue weighted by atomic mass is 35.5. The summed E-state index contributed by atoms with van der Waals surface area (Å²) in [5.41, 5.74) is 6.40. The summed E-state index contributed by atoms with van der Waals surface area (Å²) in [5, 5.41) is 0. The van der Waals surface area contributed by atoms with Gasteiger partial charge in [-0.3, -0.25) is 14.6 Å². The third-order valence-corrected chi connectivity index (χ3v) is 8.60. The molecule has 0 N–H and O–H groups in total. The van der Waals surface area contributed by atoms with E-state index >= 15 is 0 Å². The monoisotopic (exact) mass is 628 g/mol. The van der Waals surface area contributed by atoms with Gasteiger partial charge in [0.05, 0.1) is 12.2 Å². The Balaban J connectivity index is 0.00000253. The third kappa shape index (κ3) is 9.87. The molecule has 5 nitrogen and oxygen atoms in total. The predicted molar refractivity (Wildman–Crippen MR) is 174 cm³/mol. The van der Waals surface area contributed by atoms with Gasteiger partial charge in [-0.1, -0.05) is 36.4 Å². The highest BCUT2D eigenvalue weighted by Crippen LogP contribution is 2.25. The van der Waals surface area contributed by atoms with E-state index in [2.05, 4.69) is 21.9 Å².